The Balaban J connectivity index is 3.08. The standard InChI is InChI=1S/C8H9ClO3/c9-6-2-1-5(3-4-10)7(11)8(6)12/h1-2,10-12H,3-4H2. The van der Waals surface area contributed by atoms with E-state index in [2.05, 4.69) is 0 Å². The van der Waals surface area contributed by atoms with Crippen molar-refractivity contribution in [2.75, 3.05) is 6.61 Å². The number of aliphatic hydroxyl groups excluding tert-OH is 1. The van der Waals surface area contributed by atoms with Crippen molar-refractivity contribution in [3.63, 3.8) is 0 Å². The molecule has 4 heteroatoms. The van der Waals surface area contributed by atoms with Gasteiger partial charge in [-0.05, 0) is 12.5 Å². The van der Waals surface area contributed by atoms with Crippen LogP contribution in [0.1, 0.15) is 5.56 Å². The van der Waals surface area contributed by atoms with Gasteiger partial charge in [-0.1, -0.05) is 17.7 Å². The molecule has 0 fully saturated rings. The van der Waals surface area contributed by atoms with Crippen LogP contribution in [-0.2, 0) is 6.42 Å². The number of rotatable bonds is 2. The zero-order valence-electron chi connectivity index (χ0n) is 6.29. The van der Waals surface area contributed by atoms with Crippen molar-refractivity contribution in [3.8, 4) is 11.5 Å². The fraction of sp³-hybridized carbons (Fsp3) is 0.250. The summed E-state index contributed by atoms with van der Waals surface area (Å²) in [6.07, 6.45) is 0.302. The average Bonchev–Trinajstić information content (AvgIpc) is 2.07. The van der Waals surface area contributed by atoms with Crippen molar-refractivity contribution in [1.82, 2.24) is 0 Å². The van der Waals surface area contributed by atoms with Gasteiger partial charge in [-0.2, -0.15) is 0 Å². The van der Waals surface area contributed by atoms with Crippen molar-refractivity contribution in [2.24, 2.45) is 0 Å². The van der Waals surface area contributed by atoms with Crippen LogP contribution in [0.5, 0.6) is 11.5 Å². The van der Waals surface area contributed by atoms with Gasteiger partial charge in [0.2, 0.25) is 0 Å². The highest BCUT2D eigenvalue weighted by Gasteiger charge is 2.08. The van der Waals surface area contributed by atoms with E-state index in [0.717, 1.165) is 0 Å². The quantitative estimate of drug-likeness (QED) is 0.613. The van der Waals surface area contributed by atoms with E-state index >= 15 is 0 Å². The summed E-state index contributed by atoms with van der Waals surface area (Å²) in [5.41, 5.74) is 0.486. The second-order valence-electron chi connectivity index (χ2n) is 2.38. The second kappa shape index (κ2) is 3.65. The molecule has 1 aromatic rings. The second-order valence-corrected chi connectivity index (χ2v) is 2.78. The van der Waals surface area contributed by atoms with Crippen LogP contribution in [0, 0.1) is 0 Å². The minimum Gasteiger partial charge on any atom is -0.504 e. The van der Waals surface area contributed by atoms with E-state index in [1.807, 2.05) is 0 Å². The summed E-state index contributed by atoms with van der Waals surface area (Å²) in [5.74, 6) is -0.584. The Labute approximate surface area is 74.8 Å². The van der Waals surface area contributed by atoms with Crippen LogP contribution >= 0.6 is 11.6 Å². The molecule has 0 aliphatic rings. The number of phenols is 2. The maximum atomic E-state index is 9.26. The summed E-state index contributed by atoms with van der Waals surface area (Å²) in [6, 6.07) is 3.04. The molecule has 0 amide bonds. The highest BCUT2D eigenvalue weighted by molar-refractivity contribution is 6.32. The molecule has 0 aliphatic carbocycles. The van der Waals surface area contributed by atoms with E-state index in [4.69, 9.17) is 21.8 Å². The first-order chi connectivity index (χ1) is 5.66. The van der Waals surface area contributed by atoms with Gasteiger partial charge in [-0.15, -0.1) is 0 Å². The summed E-state index contributed by atoms with van der Waals surface area (Å²) in [5, 5.41) is 27.1. The molecule has 0 heterocycles. The predicted octanol–water partition coefficient (Wildman–Crippen LogP) is 1.29. The summed E-state index contributed by atoms with van der Waals surface area (Å²) < 4.78 is 0. The molecule has 1 rings (SSSR count). The molecular formula is C8H9ClO3. The van der Waals surface area contributed by atoms with Gasteiger partial charge in [-0.3, -0.25) is 0 Å². The normalized spacial score (nSPS) is 10.2. The van der Waals surface area contributed by atoms with E-state index in [9.17, 15) is 5.11 Å². The molecule has 0 radical (unpaired) electrons. The molecule has 12 heavy (non-hydrogen) atoms. The van der Waals surface area contributed by atoms with Crippen LogP contribution in [0.25, 0.3) is 0 Å². The Morgan fingerprint density at radius 3 is 2.42 bits per heavy atom. The topological polar surface area (TPSA) is 60.7 Å². The van der Waals surface area contributed by atoms with Crippen LogP contribution in [0.15, 0.2) is 12.1 Å². The molecule has 3 nitrogen and oxygen atoms in total. The third-order valence-corrected chi connectivity index (χ3v) is 1.87. The summed E-state index contributed by atoms with van der Waals surface area (Å²) in [4.78, 5) is 0. The first-order valence-corrected chi connectivity index (χ1v) is 3.84. The molecule has 0 aliphatic heterocycles. The Kier molecular flexibility index (Phi) is 2.78. The van der Waals surface area contributed by atoms with E-state index in [0.29, 0.717) is 12.0 Å². The maximum absolute atomic E-state index is 9.26. The largest absolute Gasteiger partial charge is 0.504 e. The van der Waals surface area contributed by atoms with Crippen LogP contribution in [-0.4, -0.2) is 21.9 Å². The van der Waals surface area contributed by atoms with Crippen LogP contribution in [0.4, 0.5) is 0 Å². The van der Waals surface area contributed by atoms with Gasteiger partial charge in [0.1, 0.15) is 0 Å². The van der Waals surface area contributed by atoms with Gasteiger partial charge in [0, 0.05) is 12.2 Å². The molecule has 0 bridgehead atoms. The predicted molar refractivity (Wildman–Crippen MR) is 45.6 cm³/mol. The fourth-order valence-electron chi connectivity index (χ4n) is 0.919. The smallest absolute Gasteiger partial charge is 0.176 e. The lowest BCUT2D eigenvalue weighted by molar-refractivity contribution is 0.296. The van der Waals surface area contributed by atoms with Gasteiger partial charge >= 0.3 is 0 Å². The van der Waals surface area contributed by atoms with Crippen molar-refractivity contribution in [1.29, 1.82) is 0 Å². The van der Waals surface area contributed by atoms with Crippen molar-refractivity contribution < 1.29 is 15.3 Å². The zero-order chi connectivity index (χ0) is 9.14. The number of benzene rings is 1. The molecule has 0 saturated carbocycles. The van der Waals surface area contributed by atoms with Crippen molar-refractivity contribution in [3.05, 3.63) is 22.7 Å². The Bertz CT molecular complexity index is 286. The Hall–Kier alpha value is -0.930. The molecule has 0 aromatic heterocycles. The number of aromatic hydroxyl groups is 2. The van der Waals surface area contributed by atoms with Crippen molar-refractivity contribution in [2.45, 2.75) is 6.42 Å². The van der Waals surface area contributed by atoms with Gasteiger partial charge < -0.3 is 15.3 Å². The number of phenolic OH excluding ortho intramolecular Hbond substituents is 2. The Morgan fingerprint density at radius 1 is 1.17 bits per heavy atom. The zero-order valence-corrected chi connectivity index (χ0v) is 7.04. The number of halogens is 1. The summed E-state index contributed by atoms with van der Waals surface area (Å²) in [7, 11) is 0. The number of hydrogen-bond donors (Lipinski definition) is 3. The third-order valence-electron chi connectivity index (χ3n) is 1.57. The summed E-state index contributed by atoms with van der Waals surface area (Å²) >= 11 is 5.51. The first-order valence-electron chi connectivity index (χ1n) is 3.47. The first kappa shape index (κ1) is 9.16. The van der Waals surface area contributed by atoms with Crippen LogP contribution in [0.2, 0.25) is 5.02 Å². The fourth-order valence-corrected chi connectivity index (χ4v) is 1.07. The van der Waals surface area contributed by atoms with Crippen LogP contribution in [0.3, 0.4) is 0 Å². The molecule has 0 saturated heterocycles. The molecule has 0 spiro atoms. The SMILES string of the molecule is OCCc1ccc(Cl)c(O)c1O. The van der Waals surface area contributed by atoms with E-state index < -0.39 is 0 Å². The minimum absolute atomic E-state index is 0.0748. The third kappa shape index (κ3) is 1.62. The van der Waals surface area contributed by atoms with Crippen LogP contribution < -0.4 is 0 Å². The molecular weight excluding hydrogens is 180 g/mol. The highest BCUT2D eigenvalue weighted by atomic mass is 35.5. The minimum atomic E-state index is -0.331. The monoisotopic (exact) mass is 188 g/mol. The van der Waals surface area contributed by atoms with E-state index in [1.165, 1.54) is 6.07 Å². The van der Waals surface area contributed by atoms with Crippen molar-refractivity contribution >= 4 is 11.6 Å². The number of hydrogen-bond acceptors (Lipinski definition) is 3. The van der Waals surface area contributed by atoms with Gasteiger partial charge in [0.15, 0.2) is 11.5 Å². The lowest BCUT2D eigenvalue weighted by atomic mass is 10.1. The molecule has 3 N–H and O–H groups in total. The summed E-state index contributed by atoms with van der Waals surface area (Å²) in [6.45, 7) is -0.0748. The molecule has 0 atom stereocenters. The molecule has 66 valence electrons. The molecule has 1 aromatic carbocycles. The number of aliphatic hydroxyl groups is 1. The maximum Gasteiger partial charge on any atom is 0.176 e. The van der Waals surface area contributed by atoms with Gasteiger partial charge in [0.05, 0.1) is 5.02 Å². The highest BCUT2D eigenvalue weighted by Crippen LogP contribution is 2.35. The van der Waals surface area contributed by atoms with Gasteiger partial charge in [0.25, 0.3) is 0 Å². The lowest BCUT2D eigenvalue weighted by Gasteiger charge is -2.05. The van der Waals surface area contributed by atoms with Gasteiger partial charge in [-0.25, -0.2) is 0 Å². The van der Waals surface area contributed by atoms with E-state index in [1.54, 1.807) is 6.07 Å². The Morgan fingerprint density at radius 2 is 1.83 bits per heavy atom. The lowest BCUT2D eigenvalue weighted by Crippen LogP contribution is -1.91. The molecule has 0 unspecified atom stereocenters. The van der Waals surface area contributed by atoms with E-state index in [-0.39, 0.29) is 23.1 Å². The average molecular weight is 189 g/mol.